The first-order valence-electron chi connectivity index (χ1n) is 5.89. The molecule has 0 aromatic carbocycles. The van der Waals surface area contributed by atoms with E-state index in [1.165, 1.54) is 0 Å². The molecule has 1 aromatic heterocycles. The summed E-state index contributed by atoms with van der Waals surface area (Å²) in [5.41, 5.74) is -0.469. The van der Waals surface area contributed by atoms with E-state index in [1.807, 2.05) is 4.90 Å². The zero-order valence-corrected chi connectivity index (χ0v) is 11.2. The molecule has 1 aliphatic rings. The largest absolute Gasteiger partial charge is 0.388 e. The van der Waals surface area contributed by atoms with Crippen molar-refractivity contribution in [3.05, 3.63) is 16.5 Å². The Bertz CT molecular complexity index is 477. The molecule has 0 spiro atoms. The third kappa shape index (κ3) is 2.62. The molecule has 5 nitrogen and oxygen atoms in total. The van der Waals surface area contributed by atoms with E-state index in [1.54, 1.807) is 13.8 Å². The number of aldehydes is 1. The summed E-state index contributed by atoms with van der Waals surface area (Å²) < 4.78 is 0. The number of aliphatic hydroxyl groups is 1. The first-order valence-corrected chi connectivity index (χ1v) is 6.27. The van der Waals surface area contributed by atoms with Gasteiger partial charge in [0, 0.05) is 13.1 Å². The molecule has 1 unspecified atom stereocenters. The number of hydrogen-bond acceptors (Lipinski definition) is 5. The molecule has 1 N–H and O–H groups in total. The van der Waals surface area contributed by atoms with Crippen molar-refractivity contribution in [2.75, 3.05) is 18.0 Å². The van der Waals surface area contributed by atoms with E-state index in [4.69, 9.17) is 11.6 Å². The molecule has 2 rings (SSSR count). The van der Waals surface area contributed by atoms with Crippen LogP contribution in [0.25, 0.3) is 0 Å². The van der Waals surface area contributed by atoms with Crippen molar-refractivity contribution in [1.29, 1.82) is 0 Å². The van der Waals surface area contributed by atoms with Crippen molar-refractivity contribution in [2.24, 2.45) is 0 Å². The van der Waals surface area contributed by atoms with Crippen LogP contribution < -0.4 is 4.90 Å². The van der Waals surface area contributed by atoms with Crippen LogP contribution >= 0.6 is 11.6 Å². The van der Waals surface area contributed by atoms with Crippen LogP contribution in [0.3, 0.4) is 0 Å². The number of anilines is 1. The number of aromatic nitrogens is 2. The molecule has 0 radical (unpaired) electrons. The molecule has 0 bridgehead atoms. The van der Waals surface area contributed by atoms with Gasteiger partial charge < -0.3 is 10.0 Å². The van der Waals surface area contributed by atoms with Gasteiger partial charge in [0.15, 0.2) is 6.29 Å². The number of carbonyl (C=O) groups excluding carboxylic acids is 1. The molecule has 1 aliphatic heterocycles. The summed E-state index contributed by atoms with van der Waals surface area (Å²) in [6.07, 6.45) is 2.27. The van der Waals surface area contributed by atoms with E-state index in [0.717, 1.165) is 19.4 Å². The van der Waals surface area contributed by atoms with Gasteiger partial charge in [-0.1, -0.05) is 11.6 Å². The minimum Gasteiger partial charge on any atom is -0.388 e. The lowest BCUT2D eigenvalue weighted by molar-refractivity contribution is 0.0446. The second-order valence-electron chi connectivity index (χ2n) is 4.94. The summed E-state index contributed by atoms with van der Waals surface area (Å²) in [7, 11) is 0. The summed E-state index contributed by atoms with van der Waals surface area (Å²) in [5.74, 6) is 1.04. The number of rotatable bonds is 2. The van der Waals surface area contributed by atoms with E-state index in [9.17, 15) is 9.90 Å². The molecule has 6 heteroatoms. The van der Waals surface area contributed by atoms with Gasteiger partial charge in [0.05, 0.1) is 11.2 Å². The Balaban J connectivity index is 2.40. The van der Waals surface area contributed by atoms with Crippen LogP contribution in [0.2, 0.25) is 5.15 Å². The predicted octanol–water partition coefficient (Wildman–Crippen LogP) is 1.60. The van der Waals surface area contributed by atoms with E-state index in [0.29, 0.717) is 30.0 Å². The van der Waals surface area contributed by atoms with Crippen LogP contribution in [0.1, 0.15) is 35.9 Å². The number of piperidine rings is 1. The van der Waals surface area contributed by atoms with Gasteiger partial charge in [-0.25, -0.2) is 9.97 Å². The number of β-amino-alcohol motifs (C(OH)–C–C–N with tert-alkyl or cyclic N) is 1. The molecule has 2 heterocycles. The molecule has 98 valence electrons. The Morgan fingerprint density at radius 1 is 1.50 bits per heavy atom. The molecule has 0 saturated carbocycles. The highest BCUT2D eigenvalue weighted by Gasteiger charge is 2.30. The number of hydrogen-bond donors (Lipinski definition) is 1. The number of nitrogens with zero attached hydrogens (tertiary/aromatic N) is 3. The summed E-state index contributed by atoms with van der Waals surface area (Å²) in [6, 6.07) is 0. The van der Waals surface area contributed by atoms with Crippen molar-refractivity contribution in [2.45, 2.75) is 32.3 Å². The number of aryl methyl sites for hydroxylation is 1. The standard InChI is InChI=1S/C12H16ClN3O2/c1-8-14-10(13)9(6-17)11(15-8)16-5-3-4-12(2,18)7-16/h6,18H,3-5,7H2,1-2H3. The van der Waals surface area contributed by atoms with E-state index >= 15 is 0 Å². The van der Waals surface area contributed by atoms with Gasteiger partial charge in [-0.3, -0.25) is 4.79 Å². The summed E-state index contributed by atoms with van der Waals surface area (Å²) in [4.78, 5) is 21.3. The van der Waals surface area contributed by atoms with Gasteiger partial charge >= 0.3 is 0 Å². The lowest BCUT2D eigenvalue weighted by Crippen LogP contribution is -2.46. The molecule has 0 amide bonds. The Morgan fingerprint density at radius 2 is 2.22 bits per heavy atom. The zero-order valence-electron chi connectivity index (χ0n) is 10.5. The summed E-state index contributed by atoms with van der Waals surface area (Å²) in [6.45, 7) is 4.71. The third-order valence-electron chi connectivity index (χ3n) is 3.08. The second kappa shape index (κ2) is 4.82. The fraction of sp³-hybridized carbons (Fsp3) is 0.583. The van der Waals surface area contributed by atoms with Gasteiger partial charge in [0.25, 0.3) is 0 Å². The van der Waals surface area contributed by atoms with Crippen molar-refractivity contribution >= 4 is 23.7 Å². The lowest BCUT2D eigenvalue weighted by atomic mass is 9.95. The Kier molecular flexibility index (Phi) is 3.54. The topological polar surface area (TPSA) is 66.3 Å². The monoisotopic (exact) mass is 269 g/mol. The van der Waals surface area contributed by atoms with Crippen molar-refractivity contribution in [1.82, 2.24) is 9.97 Å². The minimum atomic E-state index is -0.760. The van der Waals surface area contributed by atoms with Gasteiger partial charge in [-0.2, -0.15) is 0 Å². The highest BCUT2D eigenvalue weighted by Crippen LogP contribution is 2.28. The lowest BCUT2D eigenvalue weighted by Gasteiger charge is -2.38. The quantitative estimate of drug-likeness (QED) is 0.653. The van der Waals surface area contributed by atoms with Crippen LogP contribution in [-0.4, -0.2) is 40.1 Å². The highest BCUT2D eigenvalue weighted by atomic mass is 35.5. The van der Waals surface area contributed by atoms with Crippen LogP contribution in [0.5, 0.6) is 0 Å². The fourth-order valence-corrected chi connectivity index (χ4v) is 2.53. The van der Waals surface area contributed by atoms with E-state index < -0.39 is 5.60 Å². The Morgan fingerprint density at radius 3 is 2.83 bits per heavy atom. The van der Waals surface area contributed by atoms with Gasteiger partial charge in [-0.05, 0) is 26.7 Å². The van der Waals surface area contributed by atoms with Crippen molar-refractivity contribution in [3.8, 4) is 0 Å². The molecular formula is C12H16ClN3O2. The maximum atomic E-state index is 11.1. The number of halogens is 1. The fourth-order valence-electron chi connectivity index (χ4n) is 2.28. The molecule has 18 heavy (non-hydrogen) atoms. The Labute approximate surface area is 111 Å². The maximum absolute atomic E-state index is 11.1. The molecular weight excluding hydrogens is 254 g/mol. The highest BCUT2D eigenvalue weighted by molar-refractivity contribution is 6.32. The smallest absolute Gasteiger partial charge is 0.156 e. The van der Waals surface area contributed by atoms with E-state index in [-0.39, 0.29) is 5.15 Å². The molecule has 1 fully saturated rings. The van der Waals surface area contributed by atoms with Crippen LogP contribution in [0.15, 0.2) is 0 Å². The first kappa shape index (κ1) is 13.2. The summed E-state index contributed by atoms with van der Waals surface area (Å²) >= 11 is 5.95. The van der Waals surface area contributed by atoms with Crippen LogP contribution in [0.4, 0.5) is 5.82 Å². The molecule has 1 aromatic rings. The average Bonchev–Trinajstić information content (AvgIpc) is 2.26. The SMILES string of the molecule is Cc1nc(Cl)c(C=O)c(N2CCCC(C)(O)C2)n1. The number of carbonyl (C=O) groups is 1. The van der Waals surface area contributed by atoms with Gasteiger partial charge in [0.1, 0.15) is 16.8 Å². The van der Waals surface area contributed by atoms with Gasteiger partial charge in [-0.15, -0.1) is 0 Å². The van der Waals surface area contributed by atoms with Crippen LogP contribution in [0, 0.1) is 6.92 Å². The van der Waals surface area contributed by atoms with Crippen molar-refractivity contribution in [3.63, 3.8) is 0 Å². The van der Waals surface area contributed by atoms with Crippen molar-refractivity contribution < 1.29 is 9.90 Å². The van der Waals surface area contributed by atoms with Gasteiger partial charge in [0.2, 0.25) is 0 Å². The average molecular weight is 270 g/mol. The normalized spacial score (nSPS) is 24.1. The second-order valence-corrected chi connectivity index (χ2v) is 5.30. The third-order valence-corrected chi connectivity index (χ3v) is 3.37. The predicted molar refractivity (Wildman–Crippen MR) is 69.2 cm³/mol. The van der Waals surface area contributed by atoms with Crippen LogP contribution in [-0.2, 0) is 0 Å². The molecule has 1 atom stereocenters. The first-order chi connectivity index (χ1) is 8.43. The minimum absolute atomic E-state index is 0.165. The summed E-state index contributed by atoms with van der Waals surface area (Å²) in [5, 5.41) is 10.3. The van der Waals surface area contributed by atoms with E-state index in [2.05, 4.69) is 9.97 Å². The maximum Gasteiger partial charge on any atom is 0.156 e. The zero-order chi connectivity index (χ0) is 13.3. The molecule has 1 saturated heterocycles. The molecule has 0 aliphatic carbocycles. The Hall–Kier alpha value is -1.20.